The van der Waals surface area contributed by atoms with Crippen LogP contribution in [0.25, 0.3) is 0 Å². The van der Waals surface area contributed by atoms with Gasteiger partial charge < -0.3 is 15.1 Å². The highest BCUT2D eigenvalue weighted by Gasteiger charge is 2.20. The summed E-state index contributed by atoms with van der Waals surface area (Å²) in [4.78, 5) is 26.2. The van der Waals surface area contributed by atoms with E-state index in [-0.39, 0.29) is 5.91 Å². The monoisotopic (exact) mass is 339 g/mol. The lowest BCUT2D eigenvalue weighted by Crippen LogP contribution is -2.47. The van der Waals surface area contributed by atoms with Crippen molar-refractivity contribution in [2.24, 2.45) is 0 Å². The second-order valence-electron chi connectivity index (χ2n) is 6.44. The number of aryl methyl sites for hydroxylation is 2. The molecule has 1 aromatic heterocycles. The van der Waals surface area contributed by atoms with Gasteiger partial charge in [0.05, 0.1) is 0 Å². The van der Waals surface area contributed by atoms with Crippen LogP contribution in [0.15, 0.2) is 30.3 Å². The lowest BCUT2D eigenvalue weighted by Gasteiger charge is -2.34. The Kier molecular flexibility index (Phi) is 5.28. The van der Waals surface area contributed by atoms with E-state index in [0.29, 0.717) is 11.6 Å². The van der Waals surface area contributed by atoms with E-state index in [1.807, 2.05) is 38.1 Å². The fourth-order valence-corrected chi connectivity index (χ4v) is 2.99. The molecule has 0 radical (unpaired) electrons. The van der Waals surface area contributed by atoms with Gasteiger partial charge in [0.2, 0.25) is 5.95 Å². The molecule has 0 bridgehead atoms. The minimum absolute atomic E-state index is 0.204. The Bertz CT molecular complexity index is 753. The first kappa shape index (κ1) is 17.4. The van der Waals surface area contributed by atoms with Crippen molar-refractivity contribution in [1.82, 2.24) is 14.9 Å². The zero-order valence-corrected chi connectivity index (χ0v) is 15.1. The first-order valence-corrected chi connectivity index (χ1v) is 8.76. The minimum atomic E-state index is -0.204. The zero-order chi connectivity index (χ0) is 17.8. The quantitative estimate of drug-likeness (QED) is 0.927. The molecule has 0 aliphatic carbocycles. The fraction of sp³-hybridized carbons (Fsp3) is 0.421. The number of rotatable bonds is 4. The molecule has 0 atom stereocenters. The largest absolute Gasteiger partial charge is 0.338 e. The van der Waals surface area contributed by atoms with E-state index in [9.17, 15) is 4.79 Å². The summed E-state index contributed by atoms with van der Waals surface area (Å²) >= 11 is 0. The Morgan fingerprint density at radius 1 is 1.12 bits per heavy atom. The van der Waals surface area contributed by atoms with E-state index in [4.69, 9.17) is 0 Å². The number of likely N-dealkylation sites (N-methyl/N-ethyl adjacent to an activating group) is 1. The molecule has 1 aromatic carbocycles. The number of amides is 1. The second-order valence-corrected chi connectivity index (χ2v) is 6.44. The number of piperazine rings is 1. The van der Waals surface area contributed by atoms with Gasteiger partial charge in [0, 0.05) is 37.6 Å². The third-order valence-corrected chi connectivity index (χ3v) is 4.45. The molecule has 1 saturated heterocycles. The zero-order valence-electron chi connectivity index (χ0n) is 15.1. The molecule has 6 nitrogen and oxygen atoms in total. The van der Waals surface area contributed by atoms with E-state index in [1.165, 1.54) is 0 Å². The van der Waals surface area contributed by atoms with E-state index in [0.717, 1.165) is 49.7 Å². The Labute approximate surface area is 148 Å². The van der Waals surface area contributed by atoms with Crippen molar-refractivity contribution in [2.75, 3.05) is 42.9 Å². The van der Waals surface area contributed by atoms with Gasteiger partial charge in [-0.15, -0.1) is 0 Å². The summed E-state index contributed by atoms with van der Waals surface area (Å²) in [6.07, 6.45) is 0. The van der Waals surface area contributed by atoms with Crippen LogP contribution in [-0.2, 0) is 0 Å². The highest BCUT2D eigenvalue weighted by molar-refractivity contribution is 6.03. The molecule has 25 heavy (non-hydrogen) atoms. The molecule has 1 aliphatic heterocycles. The molecular weight excluding hydrogens is 314 g/mol. The Morgan fingerprint density at radius 3 is 2.56 bits per heavy atom. The summed E-state index contributed by atoms with van der Waals surface area (Å²) in [5.41, 5.74) is 3.09. The van der Waals surface area contributed by atoms with E-state index < -0.39 is 0 Å². The summed E-state index contributed by atoms with van der Waals surface area (Å²) in [5.74, 6) is 0.440. The summed E-state index contributed by atoms with van der Waals surface area (Å²) in [5, 5.41) is 2.92. The predicted molar refractivity (Wildman–Crippen MR) is 100 cm³/mol. The average Bonchev–Trinajstić information content (AvgIpc) is 2.61. The topological polar surface area (TPSA) is 61.4 Å². The van der Waals surface area contributed by atoms with E-state index in [1.54, 1.807) is 6.07 Å². The van der Waals surface area contributed by atoms with Gasteiger partial charge in [-0.25, -0.2) is 9.97 Å². The van der Waals surface area contributed by atoms with Crippen LogP contribution < -0.4 is 10.2 Å². The highest BCUT2D eigenvalue weighted by Crippen LogP contribution is 2.15. The lowest BCUT2D eigenvalue weighted by atomic mass is 10.2. The molecule has 2 aromatic rings. The number of nitrogens with one attached hydrogen (secondary N) is 1. The molecule has 1 amide bonds. The van der Waals surface area contributed by atoms with Crippen LogP contribution in [0.2, 0.25) is 0 Å². The van der Waals surface area contributed by atoms with Gasteiger partial charge in [0.1, 0.15) is 5.69 Å². The van der Waals surface area contributed by atoms with Crippen molar-refractivity contribution in [2.45, 2.75) is 20.8 Å². The van der Waals surface area contributed by atoms with Crippen molar-refractivity contribution in [1.29, 1.82) is 0 Å². The number of nitrogens with zero attached hydrogens (tertiary/aromatic N) is 4. The molecule has 0 saturated carbocycles. The number of carbonyl (C=O) groups is 1. The summed E-state index contributed by atoms with van der Waals surface area (Å²) in [6.45, 7) is 10.9. The maximum absolute atomic E-state index is 12.6. The first-order valence-electron chi connectivity index (χ1n) is 8.76. The lowest BCUT2D eigenvalue weighted by molar-refractivity contribution is 0.102. The number of aromatic nitrogens is 2. The van der Waals surface area contributed by atoms with E-state index in [2.05, 4.69) is 32.0 Å². The predicted octanol–water partition coefficient (Wildman–Crippen LogP) is 2.49. The molecule has 3 rings (SSSR count). The molecule has 1 N–H and O–H groups in total. The number of carbonyl (C=O) groups excluding carboxylic acids is 1. The average molecular weight is 339 g/mol. The molecule has 6 heteroatoms. The Balaban J connectivity index is 1.76. The Morgan fingerprint density at radius 2 is 1.88 bits per heavy atom. The second kappa shape index (κ2) is 7.61. The smallest absolute Gasteiger partial charge is 0.274 e. The van der Waals surface area contributed by atoms with Crippen LogP contribution in [0, 0.1) is 13.8 Å². The van der Waals surface area contributed by atoms with Crippen molar-refractivity contribution in [3.8, 4) is 0 Å². The number of hydrogen-bond acceptors (Lipinski definition) is 5. The van der Waals surface area contributed by atoms with E-state index >= 15 is 0 Å². The maximum atomic E-state index is 12.6. The van der Waals surface area contributed by atoms with Gasteiger partial charge in [-0.1, -0.05) is 19.1 Å². The van der Waals surface area contributed by atoms with Crippen LogP contribution in [0.1, 0.15) is 28.7 Å². The third kappa shape index (κ3) is 4.33. The van der Waals surface area contributed by atoms with Gasteiger partial charge in [-0.2, -0.15) is 0 Å². The standard InChI is InChI=1S/C19H25N5O/c1-4-23-8-10-24(11-9-23)19-20-15(3)13-17(22-19)18(25)21-16-7-5-6-14(2)12-16/h5-7,12-13H,4,8-11H2,1-3H3,(H,21,25). The van der Waals surface area contributed by atoms with Gasteiger partial charge in [-0.05, 0) is 44.2 Å². The van der Waals surface area contributed by atoms with Gasteiger partial charge in [0.15, 0.2) is 0 Å². The molecule has 0 spiro atoms. The number of benzene rings is 1. The number of hydrogen-bond donors (Lipinski definition) is 1. The summed E-state index contributed by atoms with van der Waals surface area (Å²) in [6, 6.07) is 9.48. The maximum Gasteiger partial charge on any atom is 0.274 e. The summed E-state index contributed by atoms with van der Waals surface area (Å²) < 4.78 is 0. The highest BCUT2D eigenvalue weighted by atomic mass is 16.1. The third-order valence-electron chi connectivity index (χ3n) is 4.45. The van der Waals surface area contributed by atoms with Crippen LogP contribution in [0.5, 0.6) is 0 Å². The van der Waals surface area contributed by atoms with Crippen molar-refractivity contribution in [3.05, 3.63) is 47.3 Å². The Hall–Kier alpha value is -2.47. The minimum Gasteiger partial charge on any atom is -0.338 e. The molecule has 0 unspecified atom stereocenters. The first-order chi connectivity index (χ1) is 12.0. The van der Waals surface area contributed by atoms with Gasteiger partial charge in [0.25, 0.3) is 5.91 Å². The SMILES string of the molecule is CCN1CCN(c2nc(C)cc(C(=O)Nc3cccc(C)c3)n2)CC1. The van der Waals surface area contributed by atoms with Crippen LogP contribution in [0.4, 0.5) is 11.6 Å². The molecule has 1 fully saturated rings. The summed E-state index contributed by atoms with van der Waals surface area (Å²) in [7, 11) is 0. The fourth-order valence-electron chi connectivity index (χ4n) is 2.99. The molecular formula is C19H25N5O. The van der Waals surface area contributed by atoms with Gasteiger partial charge in [-0.3, -0.25) is 4.79 Å². The van der Waals surface area contributed by atoms with Crippen LogP contribution in [0.3, 0.4) is 0 Å². The van der Waals surface area contributed by atoms with Crippen molar-refractivity contribution in [3.63, 3.8) is 0 Å². The van der Waals surface area contributed by atoms with Crippen molar-refractivity contribution < 1.29 is 4.79 Å². The number of anilines is 2. The molecule has 1 aliphatic rings. The normalized spacial score (nSPS) is 15.2. The molecule has 132 valence electrons. The van der Waals surface area contributed by atoms with Crippen LogP contribution in [-0.4, -0.2) is 53.5 Å². The van der Waals surface area contributed by atoms with Crippen LogP contribution >= 0.6 is 0 Å². The van der Waals surface area contributed by atoms with Crippen molar-refractivity contribution >= 4 is 17.5 Å². The molecule has 2 heterocycles. The van der Waals surface area contributed by atoms with Gasteiger partial charge >= 0.3 is 0 Å².